The lowest BCUT2D eigenvalue weighted by atomic mass is 10.0. The molecule has 1 saturated heterocycles. The van der Waals surface area contributed by atoms with Crippen LogP contribution in [0.3, 0.4) is 0 Å². The van der Waals surface area contributed by atoms with Gasteiger partial charge in [0.1, 0.15) is 0 Å². The van der Waals surface area contributed by atoms with Crippen LogP contribution in [0.4, 0.5) is 0 Å². The van der Waals surface area contributed by atoms with Crippen LogP contribution in [0.25, 0.3) is 0 Å². The third-order valence-corrected chi connectivity index (χ3v) is 6.97. The molecule has 0 spiro atoms. The first-order valence-electron chi connectivity index (χ1n) is 9.16. The number of sulfone groups is 1. The summed E-state index contributed by atoms with van der Waals surface area (Å²) in [5.74, 6) is 0.487. The summed E-state index contributed by atoms with van der Waals surface area (Å²) >= 11 is 0. The van der Waals surface area contributed by atoms with Gasteiger partial charge in [0.25, 0.3) is 0 Å². The van der Waals surface area contributed by atoms with Crippen molar-refractivity contribution in [1.29, 1.82) is 0 Å². The van der Waals surface area contributed by atoms with Gasteiger partial charge >= 0.3 is 0 Å². The molecule has 0 aromatic carbocycles. The second kappa shape index (κ2) is 8.16. The molecular formula is C17H29N3O4S. The van der Waals surface area contributed by atoms with Crippen LogP contribution in [0, 0.1) is 5.92 Å². The number of hydrogen-bond donors (Lipinski definition) is 1. The van der Waals surface area contributed by atoms with Gasteiger partial charge in [-0.2, -0.15) is 0 Å². The first kappa shape index (κ1) is 18.8. The number of methoxy groups -OCH3 is 1. The van der Waals surface area contributed by atoms with Crippen LogP contribution in [0.1, 0.15) is 37.8 Å². The molecule has 0 unspecified atom stereocenters. The zero-order valence-corrected chi connectivity index (χ0v) is 15.7. The molecule has 1 aromatic rings. The molecule has 2 aliphatic rings. The largest absolute Gasteiger partial charge is 0.395 e. The fourth-order valence-electron chi connectivity index (χ4n) is 3.54. The maximum absolute atomic E-state index is 12.7. The van der Waals surface area contributed by atoms with Crippen molar-refractivity contribution < 1.29 is 18.3 Å². The molecule has 1 aliphatic carbocycles. The number of ether oxygens (including phenoxy) is 1. The van der Waals surface area contributed by atoms with Crippen LogP contribution in [0.2, 0.25) is 0 Å². The van der Waals surface area contributed by atoms with Crippen molar-refractivity contribution >= 4 is 9.84 Å². The lowest BCUT2D eigenvalue weighted by Gasteiger charge is -2.34. The number of imidazole rings is 1. The second-order valence-corrected chi connectivity index (χ2v) is 9.13. The van der Waals surface area contributed by atoms with Gasteiger partial charge in [0.15, 0.2) is 0 Å². The Labute approximate surface area is 149 Å². The summed E-state index contributed by atoms with van der Waals surface area (Å²) in [7, 11) is -1.76. The molecule has 0 radical (unpaired) electrons. The predicted octanol–water partition coefficient (Wildman–Crippen LogP) is 1.06. The summed E-state index contributed by atoms with van der Waals surface area (Å²) in [5.41, 5.74) is 0.881. The number of hydrogen-bond acceptors (Lipinski definition) is 6. The van der Waals surface area contributed by atoms with E-state index in [0.29, 0.717) is 25.6 Å². The van der Waals surface area contributed by atoms with Gasteiger partial charge in [-0.25, -0.2) is 13.4 Å². The third kappa shape index (κ3) is 4.61. The molecule has 8 heteroatoms. The molecule has 7 nitrogen and oxygen atoms in total. The van der Waals surface area contributed by atoms with Crippen molar-refractivity contribution in [3.8, 4) is 0 Å². The Balaban J connectivity index is 1.82. The molecule has 0 bridgehead atoms. The van der Waals surface area contributed by atoms with Crippen molar-refractivity contribution in [2.75, 3.05) is 32.6 Å². The van der Waals surface area contributed by atoms with E-state index in [4.69, 9.17) is 4.74 Å². The van der Waals surface area contributed by atoms with E-state index in [0.717, 1.165) is 44.3 Å². The standard InChI is InChI=1S/C17H29N3O4S/c1-24-9-8-20-16(11-19-7-3-2-4-15(19)12-21)10-18-17(20)25(22,23)13-14-5-6-14/h10,14-15,21H,2-9,11-13H2,1H3/t15-/m0/s1. The van der Waals surface area contributed by atoms with Crippen molar-refractivity contribution in [1.82, 2.24) is 14.5 Å². The van der Waals surface area contributed by atoms with Crippen LogP contribution in [0.5, 0.6) is 0 Å². The highest BCUT2D eigenvalue weighted by molar-refractivity contribution is 7.91. The normalized spacial score (nSPS) is 22.4. The van der Waals surface area contributed by atoms with E-state index in [9.17, 15) is 13.5 Å². The van der Waals surface area contributed by atoms with E-state index in [2.05, 4.69) is 9.88 Å². The number of rotatable bonds is 9. The van der Waals surface area contributed by atoms with Crippen LogP contribution in [0.15, 0.2) is 11.4 Å². The van der Waals surface area contributed by atoms with E-state index >= 15 is 0 Å². The predicted molar refractivity (Wildman–Crippen MR) is 94.0 cm³/mol. The average Bonchev–Trinajstić information content (AvgIpc) is 3.30. The van der Waals surface area contributed by atoms with Crippen LogP contribution >= 0.6 is 0 Å². The molecule has 25 heavy (non-hydrogen) atoms. The Hall–Kier alpha value is -0.960. The fourth-order valence-corrected chi connectivity index (χ4v) is 5.40. The zero-order valence-electron chi connectivity index (χ0n) is 14.9. The minimum Gasteiger partial charge on any atom is -0.395 e. The minimum atomic E-state index is -3.37. The van der Waals surface area contributed by atoms with Gasteiger partial charge in [-0.15, -0.1) is 0 Å². The molecule has 1 aliphatic heterocycles. The summed E-state index contributed by atoms with van der Waals surface area (Å²) in [6, 6.07) is 0.144. The number of nitrogens with zero attached hydrogens (tertiary/aromatic N) is 3. The van der Waals surface area contributed by atoms with E-state index in [1.807, 2.05) is 0 Å². The van der Waals surface area contributed by atoms with Gasteiger partial charge in [-0.05, 0) is 38.1 Å². The summed E-state index contributed by atoms with van der Waals surface area (Å²) < 4.78 is 32.4. The van der Waals surface area contributed by atoms with Gasteiger partial charge < -0.3 is 14.4 Å². The topological polar surface area (TPSA) is 84.7 Å². The zero-order chi connectivity index (χ0) is 17.9. The molecule has 2 heterocycles. The SMILES string of the molecule is COCCn1c(CN2CCCC[C@H]2CO)cnc1S(=O)(=O)CC1CC1. The summed E-state index contributed by atoms with van der Waals surface area (Å²) in [5, 5.41) is 9.78. The van der Waals surface area contributed by atoms with E-state index in [1.165, 1.54) is 0 Å². The van der Waals surface area contributed by atoms with Crippen LogP contribution in [-0.4, -0.2) is 66.6 Å². The number of aromatic nitrogens is 2. The molecule has 1 atom stereocenters. The first-order chi connectivity index (χ1) is 12.0. The van der Waals surface area contributed by atoms with Gasteiger partial charge in [-0.3, -0.25) is 4.90 Å². The minimum absolute atomic E-state index is 0.138. The van der Waals surface area contributed by atoms with Crippen LogP contribution in [-0.2, 0) is 27.7 Å². The molecule has 1 N–H and O–H groups in total. The lowest BCUT2D eigenvalue weighted by molar-refractivity contribution is 0.0812. The Morgan fingerprint density at radius 3 is 2.80 bits per heavy atom. The van der Waals surface area contributed by atoms with Gasteiger partial charge in [0.2, 0.25) is 15.0 Å². The molecule has 3 rings (SSSR count). The number of aliphatic hydroxyl groups excluding tert-OH is 1. The van der Waals surface area contributed by atoms with Crippen molar-refractivity contribution in [2.45, 2.75) is 56.4 Å². The summed E-state index contributed by atoms with van der Waals surface area (Å²) in [6.45, 7) is 2.59. The average molecular weight is 372 g/mol. The smallest absolute Gasteiger partial charge is 0.227 e. The van der Waals surface area contributed by atoms with Gasteiger partial charge in [-0.1, -0.05) is 6.42 Å². The monoisotopic (exact) mass is 371 g/mol. The Morgan fingerprint density at radius 2 is 2.12 bits per heavy atom. The van der Waals surface area contributed by atoms with Crippen molar-refractivity contribution in [3.63, 3.8) is 0 Å². The second-order valence-electron chi connectivity index (χ2n) is 7.20. The number of likely N-dealkylation sites (tertiary alicyclic amines) is 1. The van der Waals surface area contributed by atoms with Gasteiger partial charge in [0, 0.05) is 26.2 Å². The Kier molecular flexibility index (Phi) is 6.14. The quantitative estimate of drug-likeness (QED) is 0.699. The molecule has 2 fully saturated rings. The molecule has 1 aromatic heterocycles. The van der Waals surface area contributed by atoms with Crippen molar-refractivity contribution in [3.05, 3.63) is 11.9 Å². The summed E-state index contributed by atoms with van der Waals surface area (Å²) in [6.07, 6.45) is 6.89. The Morgan fingerprint density at radius 1 is 1.32 bits per heavy atom. The number of aliphatic hydroxyl groups is 1. The highest BCUT2D eigenvalue weighted by Gasteiger charge is 2.33. The maximum atomic E-state index is 12.7. The summed E-state index contributed by atoms with van der Waals surface area (Å²) in [4.78, 5) is 6.51. The van der Waals surface area contributed by atoms with E-state index in [-0.39, 0.29) is 23.6 Å². The van der Waals surface area contributed by atoms with E-state index < -0.39 is 9.84 Å². The first-order valence-corrected chi connectivity index (χ1v) is 10.8. The lowest BCUT2D eigenvalue weighted by Crippen LogP contribution is -2.41. The molecule has 142 valence electrons. The highest BCUT2D eigenvalue weighted by atomic mass is 32.2. The Bertz CT molecular complexity index is 669. The highest BCUT2D eigenvalue weighted by Crippen LogP contribution is 2.32. The molecule has 0 amide bonds. The molecule has 1 saturated carbocycles. The van der Waals surface area contributed by atoms with Gasteiger partial charge in [0.05, 0.1) is 30.9 Å². The maximum Gasteiger partial charge on any atom is 0.227 e. The molecular weight excluding hydrogens is 342 g/mol. The van der Waals surface area contributed by atoms with Crippen LogP contribution < -0.4 is 0 Å². The van der Waals surface area contributed by atoms with Crippen molar-refractivity contribution in [2.24, 2.45) is 5.92 Å². The fraction of sp³-hybridized carbons (Fsp3) is 0.824. The van der Waals surface area contributed by atoms with E-state index in [1.54, 1.807) is 17.9 Å². The number of piperidine rings is 1. The third-order valence-electron chi connectivity index (χ3n) is 5.18.